The van der Waals surface area contributed by atoms with Crippen LogP contribution in [0.25, 0.3) is 0 Å². The standard InChI is InChI=1S/C19H28BrNO/c1-14(2)12-19(22,13-16-4-5-16)10-11-21-15(3)17-6-8-18(20)9-7-17/h6-9,15-16,21-22H,1,4-5,10-13H2,2-3H3/t15-,19?/m0/s1. The molecule has 0 bridgehead atoms. The van der Waals surface area contributed by atoms with E-state index in [1.807, 2.05) is 6.92 Å². The SMILES string of the molecule is C=C(C)CC(O)(CCN[C@@H](C)c1ccc(Br)cc1)CC1CC1. The summed E-state index contributed by atoms with van der Waals surface area (Å²) in [6.07, 6.45) is 4.99. The van der Waals surface area contributed by atoms with Crippen molar-refractivity contribution in [2.45, 2.75) is 57.6 Å². The van der Waals surface area contributed by atoms with Crippen LogP contribution in [0.3, 0.4) is 0 Å². The van der Waals surface area contributed by atoms with Crippen molar-refractivity contribution in [3.05, 3.63) is 46.5 Å². The molecular weight excluding hydrogens is 338 g/mol. The highest BCUT2D eigenvalue weighted by atomic mass is 79.9. The van der Waals surface area contributed by atoms with Gasteiger partial charge in [0, 0.05) is 10.5 Å². The van der Waals surface area contributed by atoms with Gasteiger partial charge in [-0.25, -0.2) is 0 Å². The van der Waals surface area contributed by atoms with Crippen molar-refractivity contribution < 1.29 is 5.11 Å². The van der Waals surface area contributed by atoms with E-state index in [4.69, 9.17) is 0 Å². The second-order valence-corrected chi connectivity index (χ2v) is 7.90. The second kappa shape index (κ2) is 7.76. The summed E-state index contributed by atoms with van der Waals surface area (Å²) in [7, 11) is 0. The van der Waals surface area contributed by atoms with Crippen molar-refractivity contribution in [3.63, 3.8) is 0 Å². The normalized spacial score (nSPS) is 18.7. The Morgan fingerprint density at radius 2 is 2.05 bits per heavy atom. The summed E-state index contributed by atoms with van der Waals surface area (Å²) in [6.45, 7) is 8.99. The zero-order chi connectivity index (χ0) is 16.2. The lowest BCUT2D eigenvalue weighted by Gasteiger charge is -2.29. The van der Waals surface area contributed by atoms with Gasteiger partial charge in [0.15, 0.2) is 0 Å². The van der Waals surface area contributed by atoms with Crippen LogP contribution in [-0.4, -0.2) is 17.3 Å². The minimum Gasteiger partial charge on any atom is -0.389 e. The summed E-state index contributed by atoms with van der Waals surface area (Å²) in [5.41, 5.74) is 1.76. The molecule has 1 aromatic carbocycles. The Morgan fingerprint density at radius 1 is 1.41 bits per heavy atom. The Bertz CT molecular complexity index is 495. The molecule has 0 amide bonds. The van der Waals surface area contributed by atoms with E-state index in [-0.39, 0.29) is 0 Å². The van der Waals surface area contributed by atoms with Gasteiger partial charge in [0.2, 0.25) is 0 Å². The molecule has 0 spiro atoms. The predicted molar refractivity (Wildman–Crippen MR) is 96.9 cm³/mol. The minimum atomic E-state index is -0.584. The molecule has 1 saturated carbocycles. The van der Waals surface area contributed by atoms with Crippen molar-refractivity contribution in [1.82, 2.24) is 5.32 Å². The third-order valence-corrected chi connectivity index (χ3v) is 4.94. The quantitative estimate of drug-likeness (QED) is 0.604. The number of nitrogens with one attached hydrogen (secondary N) is 1. The smallest absolute Gasteiger partial charge is 0.0699 e. The van der Waals surface area contributed by atoms with E-state index in [9.17, 15) is 5.11 Å². The molecule has 2 N–H and O–H groups in total. The fourth-order valence-electron chi connectivity index (χ4n) is 3.07. The van der Waals surface area contributed by atoms with Crippen molar-refractivity contribution in [1.29, 1.82) is 0 Å². The van der Waals surface area contributed by atoms with E-state index in [1.54, 1.807) is 0 Å². The highest BCUT2D eigenvalue weighted by molar-refractivity contribution is 9.10. The highest BCUT2D eigenvalue weighted by Crippen LogP contribution is 2.40. The van der Waals surface area contributed by atoms with E-state index in [0.29, 0.717) is 6.04 Å². The van der Waals surface area contributed by atoms with Crippen LogP contribution in [0.15, 0.2) is 40.9 Å². The molecule has 0 heterocycles. The van der Waals surface area contributed by atoms with Gasteiger partial charge in [-0.3, -0.25) is 0 Å². The Balaban J connectivity index is 1.83. The minimum absolute atomic E-state index is 0.295. The summed E-state index contributed by atoms with van der Waals surface area (Å²) in [5.74, 6) is 0.730. The molecule has 1 aliphatic carbocycles. The summed E-state index contributed by atoms with van der Waals surface area (Å²) in [6, 6.07) is 8.69. The number of halogens is 1. The largest absolute Gasteiger partial charge is 0.389 e. The fraction of sp³-hybridized carbons (Fsp3) is 0.579. The van der Waals surface area contributed by atoms with Crippen LogP contribution in [0.2, 0.25) is 0 Å². The zero-order valence-corrected chi connectivity index (χ0v) is 15.3. The molecular formula is C19H28BrNO. The van der Waals surface area contributed by atoms with Gasteiger partial charge >= 0.3 is 0 Å². The fourth-order valence-corrected chi connectivity index (χ4v) is 3.34. The van der Waals surface area contributed by atoms with Crippen molar-refractivity contribution in [2.24, 2.45) is 5.92 Å². The molecule has 3 heteroatoms. The average molecular weight is 366 g/mol. The van der Waals surface area contributed by atoms with Crippen LogP contribution in [0.1, 0.15) is 57.6 Å². The molecule has 2 atom stereocenters. The van der Waals surface area contributed by atoms with Crippen LogP contribution in [0.4, 0.5) is 0 Å². The Labute approximate surface area is 143 Å². The number of hydrogen-bond acceptors (Lipinski definition) is 2. The number of hydrogen-bond donors (Lipinski definition) is 2. The first kappa shape index (κ1) is 17.7. The molecule has 0 saturated heterocycles. The third kappa shape index (κ3) is 5.86. The summed E-state index contributed by atoms with van der Waals surface area (Å²) in [4.78, 5) is 0. The van der Waals surface area contributed by atoms with Crippen LogP contribution in [-0.2, 0) is 0 Å². The summed E-state index contributed by atoms with van der Waals surface area (Å²) < 4.78 is 1.10. The highest BCUT2D eigenvalue weighted by Gasteiger charge is 2.34. The monoisotopic (exact) mass is 365 g/mol. The van der Waals surface area contributed by atoms with Crippen molar-refractivity contribution >= 4 is 15.9 Å². The average Bonchev–Trinajstić information content (AvgIpc) is 3.21. The first-order valence-electron chi connectivity index (χ1n) is 8.23. The van der Waals surface area contributed by atoms with Gasteiger partial charge in [-0.15, -0.1) is 6.58 Å². The van der Waals surface area contributed by atoms with Crippen LogP contribution in [0, 0.1) is 5.92 Å². The molecule has 1 aromatic rings. The lowest BCUT2D eigenvalue weighted by molar-refractivity contribution is 0.0177. The van der Waals surface area contributed by atoms with Gasteiger partial charge in [0.05, 0.1) is 5.60 Å². The van der Waals surface area contributed by atoms with E-state index >= 15 is 0 Å². The molecule has 1 unspecified atom stereocenters. The molecule has 122 valence electrons. The Kier molecular flexibility index (Phi) is 6.25. The topological polar surface area (TPSA) is 32.3 Å². The van der Waals surface area contributed by atoms with Gasteiger partial charge in [-0.1, -0.05) is 46.5 Å². The number of aliphatic hydroxyl groups is 1. The lowest BCUT2D eigenvalue weighted by atomic mass is 9.86. The molecule has 1 fully saturated rings. The molecule has 0 radical (unpaired) electrons. The van der Waals surface area contributed by atoms with Crippen LogP contribution < -0.4 is 5.32 Å². The van der Waals surface area contributed by atoms with E-state index in [2.05, 4.69) is 59.0 Å². The van der Waals surface area contributed by atoms with Crippen LogP contribution in [0.5, 0.6) is 0 Å². The van der Waals surface area contributed by atoms with Gasteiger partial charge in [0.25, 0.3) is 0 Å². The van der Waals surface area contributed by atoms with E-state index in [1.165, 1.54) is 18.4 Å². The Hall–Kier alpha value is -0.640. The van der Waals surface area contributed by atoms with Crippen molar-refractivity contribution in [2.75, 3.05) is 6.54 Å². The van der Waals surface area contributed by atoms with Gasteiger partial charge in [0.1, 0.15) is 0 Å². The Morgan fingerprint density at radius 3 is 2.59 bits per heavy atom. The summed E-state index contributed by atoms with van der Waals surface area (Å²) in [5, 5.41) is 14.4. The zero-order valence-electron chi connectivity index (χ0n) is 13.7. The number of benzene rings is 1. The van der Waals surface area contributed by atoms with Crippen molar-refractivity contribution in [3.8, 4) is 0 Å². The first-order valence-corrected chi connectivity index (χ1v) is 9.03. The molecule has 1 aliphatic rings. The van der Waals surface area contributed by atoms with Gasteiger partial charge in [-0.05, 0) is 63.3 Å². The van der Waals surface area contributed by atoms with E-state index in [0.717, 1.165) is 41.8 Å². The molecule has 2 rings (SSSR count). The molecule has 0 aliphatic heterocycles. The van der Waals surface area contributed by atoms with Gasteiger partial charge < -0.3 is 10.4 Å². The number of rotatable bonds is 9. The lowest BCUT2D eigenvalue weighted by Crippen LogP contribution is -2.34. The van der Waals surface area contributed by atoms with Crippen LogP contribution >= 0.6 is 15.9 Å². The third-order valence-electron chi connectivity index (χ3n) is 4.41. The van der Waals surface area contributed by atoms with E-state index < -0.39 is 5.60 Å². The summed E-state index contributed by atoms with van der Waals surface area (Å²) >= 11 is 3.46. The molecule has 0 aromatic heterocycles. The maximum absolute atomic E-state index is 10.9. The van der Waals surface area contributed by atoms with Gasteiger partial charge in [-0.2, -0.15) is 0 Å². The molecule has 2 nitrogen and oxygen atoms in total. The first-order chi connectivity index (χ1) is 10.4. The molecule has 22 heavy (non-hydrogen) atoms. The predicted octanol–water partition coefficient (Wildman–Crippen LogP) is 4.99. The second-order valence-electron chi connectivity index (χ2n) is 6.98. The maximum Gasteiger partial charge on any atom is 0.0699 e. The maximum atomic E-state index is 10.9.